The first-order chi connectivity index (χ1) is 7.30. The highest BCUT2D eigenvalue weighted by Crippen LogP contribution is 2.18. The summed E-state index contributed by atoms with van der Waals surface area (Å²) in [5.41, 5.74) is 0. The maximum atomic E-state index is 11.7. The van der Waals surface area contributed by atoms with Crippen molar-refractivity contribution in [1.29, 1.82) is 0 Å². The van der Waals surface area contributed by atoms with Crippen LogP contribution in [0.4, 0.5) is 0 Å². The van der Waals surface area contributed by atoms with Gasteiger partial charge in [-0.15, -0.1) is 0 Å². The Labute approximate surface area is 97.2 Å². The summed E-state index contributed by atoms with van der Waals surface area (Å²) >= 11 is 0. The van der Waals surface area contributed by atoms with Gasteiger partial charge in [-0.05, 0) is 26.7 Å². The number of carbonyl (C=O) groups excluding carboxylic acids is 1. The maximum absolute atomic E-state index is 11.7. The highest BCUT2D eigenvalue weighted by molar-refractivity contribution is 7.88. The van der Waals surface area contributed by atoms with Crippen LogP contribution in [0.1, 0.15) is 26.7 Å². The molecule has 5 nitrogen and oxygen atoms in total. The van der Waals surface area contributed by atoms with E-state index in [1.54, 1.807) is 0 Å². The van der Waals surface area contributed by atoms with E-state index in [0.717, 1.165) is 12.8 Å². The minimum Gasteiger partial charge on any atom is -0.354 e. The maximum Gasteiger partial charge on any atom is 0.224 e. The molecule has 0 spiro atoms. The summed E-state index contributed by atoms with van der Waals surface area (Å²) in [6.07, 6.45) is 2.71. The Kier molecular flexibility index (Phi) is 4.32. The topological polar surface area (TPSA) is 66.5 Å². The van der Waals surface area contributed by atoms with Crippen LogP contribution in [-0.2, 0) is 14.8 Å². The minimum atomic E-state index is -3.17. The standard InChI is InChI=1S/C10H20N2O3S/c1-8(2)11-10(13)9-5-4-6-12(7-9)16(3,14)15/h8-9H,4-7H2,1-3H3,(H,11,13)/t9-/m1/s1. The molecular weight excluding hydrogens is 228 g/mol. The molecule has 1 fully saturated rings. The van der Waals surface area contributed by atoms with Crippen LogP contribution in [0.5, 0.6) is 0 Å². The number of hydrogen-bond donors (Lipinski definition) is 1. The summed E-state index contributed by atoms with van der Waals surface area (Å²) < 4.78 is 24.1. The predicted molar refractivity (Wildman–Crippen MR) is 62.4 cm³/mol. The zero-order chi connectivity index (χ0) is 12.3. The van der Waals surface area contributed by atoms with Crippen LogP contribution < -0.4 is 5.32 Å². The third-order valence-electron chi connectivity index (χ3n) is 2.65. The fourth-order valence-corrected chi connectivity index (χ4v) is 2.77. The quantitative estimate of drug-likeness (QED) is 0.775. The van der Waals surface area contributed by atoms with E-state index in [9.17, 15) is 13.2 Å². The van der Waals surface area contributed by atoms with Crippen LogP contribution in [0.3, 0.4) is 0 Å². The van der Waals surface area contributed by atoms with Gasteiger partial charge in [0.1, 0.15) is 0 Å². The number of hydrogen-bond acceptors (Lipinski definition) is 3. The van der Waals surface area contributed by atoms with Crippen molar-refractivity contribution in [3.05, 3.63) is 0 Å². The van der Waals surface area contributed by atoms with Gasteiger partial charge >= 0.3 is 0 Å². The molecule has 1 atom stereocenters. The number of piperidine rings is 1. The second-order valence-corrected chi connectivity index (χ2v) is 6.61. The molecular formula is C10H20N2O3S. The van der Waals surface area contributed by atoms with Gasteiger partial charge in [-0.1, -0.05) is 0 Å². The summed E-state index contributed by atoms with van der Waals surface area (Å²) in [6.45, 7) is 4.64. The number of carbonyl (C=O) groups is 1. The lowest BCUT2D eigenvalue weighted by Gasteiger charge is -2.30. The Morgan fingerprint density at radius 1 is 1.44 bits per heavy atom. The molecule has 1 N–H and O–H groups in total. The largest absolute Gasteiger partial charge is 0.354 e. The molecule has 0 aromatic rings. The molecule has 0 aromatic carbocycles. The van der Waals surface area contributed by atoms with Gasteiger partial charge in [0.25, 0.3) is 0 Å². The molecule has 1 rings (SSSR count). The molecule has 1 aliphatic rings. The Morgan fingerprint density at radius 2 is 2.06 bits per heavy atom. The lowest BCUT2D eigenvalue weighted by molar-refractivity contribution is -0.126. The molecule has 0 aromatic heterocycles. The van der Waals surface area contributed by atoms with Crippen molar-refractivity contribution in [3.63, 3.8) is 0 Å². The first kappa shape index (κ1) is 13.4. The highest BCUT2D eigenvalue weighted by atomic mass is 32.2. The van der Waals surface area contributed by atoms with E-state index in [1.165, 1.54) is 10.6 Å². The van der Waals surface area contributed by atoms with Crippen molar-refractivity contribution < 1.29 is 13.2 Å². The van der Waals surface area contributed by atoms with Gasteiger partial charge in [0.2, 0.25) is 15.9 Å². The third kappa shape index (κ3) is 3.75. The molecule has 1 amide bonds. The minimum absolute atomic E-state index is 0.0386. The first-order valence-corrected chi connectivity index (χ1v) is 7.41. The molecule has 0 unspecified atom stereocenters. The van der Waals surface area contributed by atoms with Gasteiger partial charge in [-0.25, -0.2) is 12.7 Å². The SMILES string of the molecule is CC(C)NC(=O)[C@@H]1CCCN(S(C)(=O)=O)C1. The van der Waals surface area contributed by atoms with Crippen molar-refractivity contribution in [1.82, 2.24) is 9.62 Å². The summed E-state index contributed by atoms with van der Waals surface area (Å²) in [7, 11) is -3.17. The van der Waals surface area contributed by atoms with E-state index in [-0.39, 0.29) is 17.9 Å². The van der Waals surface area contributed by atoms with E-state index < -0.39 is 10.0 Å². The highest BCUT2D eigenvalue weighted by Gasteiger charge is 2.30. The van der Waals surface area contributed by atoms with Crippen LogP contribution >= 0.6 is 0 Å². The molecule has 6 heteroatoms. The lowest BCUT2D eigenvalue weighted by Crippen LogP contribution is -2.46. The fraction of sp³-hybridized carbons (Fsp3) is 0.900. The Bertz CT molecular complexity index is 351. The normalized spacial score (nSPS) is 23.4. The van der Waals surface area contributed by atoms with Crippen LogP contribution in [0.15, 0.2) is 0 Å². The lowest BCUT2D eigenvalue weighted by atomic mass is 9.98. The monoisotopic (exact) mass is 248 g/mol. The van der Waals surface area contributed by atoms with Crippen molar-refractivity contribution in [3.8, 4) is 0 Å². The molecule has 1 heterocycles. The molecule has 0 radical (unpaired) electrons. The van der Waals surface area contributed by atoms with Crippen LogP contribution in [-0.4, -0.2) is 44.0 Å². The van der Waals surface area contributed by atoms with E-state index in [2.05, 4.69) is 5.32 Å². The van der Waals surface area contributed by atoms with Gasteiger partial charge in [0.15, 0.2) is 0 Å². The third-order valence-corrected chi connectivity index (χ3v) is 3.92. The number of nitrogens with one attached hydrogen (secondary N) is 1. The molecule has 16 heavy (non-hydrogen) atoms. The smallest absolute Gasteiger partial charge is 0.224 e. The van der Waals surface area contributed by atoms with Crippen LogP contribution in [0, 0.1) is 5.92 Å². The second-order valence-electron chi connectivity index (χ2n) is 4.62. The zero-order valence-corrected chi connectivity index (χ0v) is 10.9. The molecule has 1 saturated heterocycles. The average molecular weight is 248 g/mol. The first-order valence-electron chi connectivity index (χ1n) is 5.56. The van der Waals surface area contributed by atoms with Gasteiger partial charge in [-0.3, -0.25) is 4.79 Å². The molecule has 0 bridgehead atoms. The van der Waals surface area contributed by atoms with Crippen molar-refractivity contribution >= 4 is 15.9 Å². The van der Waals surface area contributed by atoms with E-state index in [4.69, 9.17) is 0 Å². The number of rotatable bonds is 3. The van der Waals surface area contributed by atoms with Gasteiger partial charge in [0.05, 0.1) is 12.2 Å². The van der Waals surface area contributed by atoms with E-state index in [0.29, 0.717) is 13.1 Å². The summed E-state index contributed by atoms with van der Waals surface area (Å²) in [5, 5.41) is 2.82. The molecule has 94 valence electrons. The van der Waals surface area contributed by atoms with E-state index in [1.807, 2.05) is 13.8 Å². The number of amides is 1. The number of sulfonamides is 1. The van der Waals surface area contributed by atoms with Gasteiger partial charge in [-0.2, -0.15) is 0 Å². The van der Waals surface area contributed by atoms with E-state index >= 15 is 0 Å². The van der Waals surface area contributed by atoms with Crippen LogP contribution in [0.2, 0.25) is 0 Å². The van der Waals surface area contributed by atoms with Crippen molar-refractivity contribution in [2.24, 2.45) is 5.92 Å². The zero-order valence-electron chi connectivity index (χ0n) is 10.1. The van der Waals surface area contributed by atoms with Crippen LogP contribution in [0.25, 0.3) is 0 Å². The number of nitrogens with zero attached hydrogens (tertiary/aromatic N) is 1. The van der Waals surface area contributed by atoms with Gasteiger partial charge < -0.3 is 5.32 Å². The Hall–Kier alpha value is -0.620. The summed E-state index contributed by atoms with van der Waals surface area (Å²) in [5.74, 6) is -0.241. The average Bonchev–Trinajstić information content (AvgIpc) is 2.15. The second kappa shape index (κ2) is 5.14. The predicted octanol–water partition coefficient (Wildman–Crippen LogP) is 0.183. The molecule has 0 aliphatic carbocycles. The Morgan fingerprint density at radius 3 is 2.56 bits per heavy atom. The summed E-state index contributed by atoms with van der Waals surface area (Å²) in [4.78, 5) is 11.7. The molecule has 1 aliphatic heterocycles. The Balaban J connectivity index is 2.60. The van der Waals surface area contributed by atoms with Gasteiger partial charge in [0, 0.05) is 19.1 Å². The fourth-order valence-electron chi connectivity index (χ4n) is 1.86. The molecule has 0 saturated carbocycles. The summed E-state index contributed by atoms with van der Waals surface area (Å²) in [6, 6.07) is 0.0983. The van der Waals surface area contributed by atoms with Crippen molar-refractivity contribution in [2.75, 3.05) is 19.3 Å². The van der Waals surface area contributed by atoms with Crippen molar-refractivity contribution in [2.45, 2.75) is 32.7 Å².